The van der Waals surface area contributed by atoms with Crippen molar-refractivity contribution in [1.29, 1.82) is 0 Å². The number of nitrogens with one attached hydrogen (secondary N) is 1. The number of carbonyl (C=O) groups is 2. The number of amides is 2. The molecule has 0 bridgehead atoms. The maximum Gasteiger partial charge on any atom is 0.279 e. The summed E-state index contributed by atoms with van der Waals surface area (Å²) >= 11 is 0. The van der Waals surface area contributed by atoms with E-state index in [2.05, 4.69) is 17.1 Å². The van der Waals surface area contributed by atoms with E-state index in [1.165, 1.54) is 6.07 Å². The second-order valence-corrected chi connectivity index (χ2v) is 6.31. The number of rotatable bonds is 4. The molecule has 0 aromatic heterocycles. The highest BCUT2D eigenvalue weighted by Crippen LogP contribution is 2.30. The fourth-order valence-electron chi connectivity index (χ4n) is 3.29. The van der Waals surface area contributed by atoms with Gasteiger partial charge in [0.25, 0.3) is 11.8 Å². The number of phenols is 1. The molecular formula is C22H17N3O3. The molecule has 1 heterocycles. The Morgan fingerprint density at radius 1 is 1.11 bits per heavy atom. The Morgan fingerprint density at radius 3 is 2.68 bits per heavy atom. The Bertz CT molecular complexity index is 1150. The molecule has 2 N–H and O–H groups in total. The summed E-state index contributed by atoms with van der Waals surface area (Å²) in [5.74, 6) is -1.03. The molecule has 4 rings (SSSR count). The maximum absolute atomic E-state index is 12.7. The highest BCUT2D eigenvalue weighted by Gasteiger charge is 2.33. The third kappa shape index (κ3) is 2.81. The van der Waals surface area contributed by atoms with Crippen LogP contribution < -0.4 is 10.3 Å². The first-order chi connectivity index (χ1) is 13.6. The first kappa shape index (κ1) is 17.5. The second kappa shape index (κ2) is 7.00. The van der Waals surface area contributed by atoms with Crippen LogP contribution in [0.1, 0.15) is 15.9 Å². The van der Waals surface area contributed by atoms with E-state index in [-0.39, 0.29) is 22.9 Å². The Morgan fingerprint density at radius 2 is 1.86 bits per heavy atom. The lowest BCUT2D eigenvalue weighted by molar-refractivity contribution is -0.112. The van der Waals surface area contributed by atoms with Gasteiger partial charge in [0.05, 0.1) is 11.3 Å². The van der Waals surface area contributed by atoms with Gasteiger partial charge in [-0.2, -0.15) is 5.10 Å². The fraction of sp³-hybridized carbons (Fsp3) is 0.0455. The minimum absolute atomic E-state index is 0.0877. The molecule has 2 amide bonds. The highest BCUT2D eigenvalue weighted by molar-refractivity contribution is 6.54. The van der Waals surface area contributed by atoms with Crippen LogP contribution >= 0.6 is 0 Å². The fourth-order valence-corrected chi connectivity index (χ4v) is 3.29. The Balaban J connectivity index is 1.66. The lowest BCUT2D eigenvalue weighted by atomic mass is 10.1. The average molecular weight is 371 g/mol. The molecule has 1 aliphatic heterocycles. The predicted octanol–water partition coefficient (Wildman–Crippen LogP) is 3.21. The van der Waals surface area contributed by atoms with Crippen LogP contribution in [-0.2, 0) is 4.79 Å². The van der Waals surface area contributed by atoms with Crippen LogP contribution in [-0.4, -0.2) is 29.2 Å². The molecule has 6 nitrogen and oxygen atoms in total. The van der Waals surface area contributed by atoms with Crippen molar-refractivity contribution in [2.24, 2.45) is 5.10 Å². The Labute approximate surface area is 161 Å². The summed E-state index contributed by atoms with van der Waals surface area (Å²) in [5, 5.41) is 15.9. The van der Waals surface area contributed by atoms with Crippen LogP contribution in [0, 0.1) is 0 Å². The highest BCUT2D eigenvalue weighted by atomic mass is 16.3. The van der Waals surface area contributed by atoms with Crippen molar-refractivity contribution in [2.75, 3.05) is 11.4 Å². The minimum Gasteiger partial charge on any atom is -0.506 e. The standard InChI is InChI=1S/C22H17N3O3/c1-2-13-25-18-10-6-5-9-16(18)19(22(25)28)23-24-21(27)17-12-11-14-7-3-4-8-15(14)20(17)26/h2-12,26H,1,13H2,(H,24,27)/b23-19-. The van der Waals surface area contributed by atoms with Gasteiger partial charge in [0.15, 0.2) is 5.71 Å². The zero-order chi connectivity index (χ0) is 19.7. The smallest absolute Gasteiger partial charge is 0.279 e. The summed E-state index contributed by atoms with van der Waals surface area (Å²) in [4.78, 5) is 26.8. The van der Waals surface area contributed by atoms with E-state index in [1.807, 2.05) is 24.3 Å². The van der Waals surface area contributed by atoms with E-state index in [4.69, 9.17) is 0 Å². The Hall–Kier alpha value is -3.93. The predicted molar refractivity (Wildman–Crippen MR) is 109 cm³/mol. The first-order valence-corrected chi connectivity index (χ1v) is 8.72. The van der Waals surface area contributed by atoms with Gasteiger partial charge in [0, 0.05) is 17.5 Å². The average Bonchev–Trinajstić information content (AvgIpc) is 2.98. The molecule has 138 valence electrons. The third-order valence-electron chi connectivity index (χ3n) is 4.62. The monoisotopic (exact) mass is 371 g/mol. The summed E-state index contributed by atoms with van der Waals surface area (Å²) in [7, 11) is 0. The van der Waals surface area contributed by atoms with E-state index < -0.39 is 5.91 Å². The van der Waals surface area contributed by atoms with Gasteiger partial charge in [-0.15, -0.1) is 6.58 Å². The number of fused-ring (bicyclic) bond motifs is 2. The van der Waals surface area contributed by atoms with Crippen LogP contribution in [0.5, 0.6) is 5.75 Å². The maximum atomic E-state index is 12.7. The normalized spacial score (nSPS) is 14.4. The van der Waals surface area contributed by atoms with Gasteiger partial charge in [-0.1, -0.05) is 54.6 Å². The number of phenolic OH excluding ortho intramolecular Hbond substituents is 1. The van der Waals surface area contributed by atoms with Crippen LogP contribution in [0.3, 0.4) is 0 Å². The van der Waals surface area contributed by atoms with Gasteiger partial charge >= 0.3 is 0 Å². The van der Waals surface area contributed by atoms with Gasteiger partial charge in [0.2, 0.25) is 0 Å². The first-order valence-electron chi connectivity index (χ1n) is 8.72. The molecule has 0 fully saturated rings. The van der Waals surface area contributed by atoms with Crippen molar-refractivity contribution < 1.29 is 14.7 Å². The zero-order valence-corrected chi connectivity index (χ0v) is 14.9. The van der Waals surface area contributed by atoms with Gasteiger partial charge in [-0.3, -0.25) is 9.59 Å². The molecule has 28 heavy (non-hydrogen) atoms. The van der Waals surface area contributed by atoms with Crippen molar-refractivity contribution in [3.8, 4) is 5.75 Å². The van der Waals surface area contributed by atoms with Gasteiger partial charge < -0.3 is 10.0 Å². The summed E-state index contributed by atoms with van der Waals surface area (Å²) in [6.07, 6.45) is 1.63. The molecule has 3 aromatic carbocycles. The van der Waals surface area contributed by atoms with Crippen LogP contribution in [0.2, 0.25) is 0 Å². The van der Waals surface area contributed by atoms with E-state index in [9.17, 15) is 14.7 Å². The van der Waals surface area contributed by atoms with Crippen molar-refractivity contribution in [1.82, 2.24) is 5.43 Å². The number of anilines is 1. The van der Waals surface area contributed by atoms with Crippen molar-refractivity contribution >= 4 is 34.0 Å². The molecule has 0 radical (unpaired) electrons. The third-order valence-corrected chi connectivity index (χ3v) is 4.62. The lowest BCUT2D eigenvalue weighted by Crippen LogP contribution is -2.31. The number of nitrogens with zero attached hydrogens (tertiary/aromatic N) is 2. The summed E-state index contributed by atoms with van der Waals surface area (Å²) in [6, 6.07) is 17.7. The van der Waals surface area contributed by atoms with Crippen LogP contribution in [0.25, 0.3) is 10.8 Å². The molecule has 0 saturated heterocycles. The van der Waals surface area contributed by atoms with E-state index >= 15 is 0 Å². The summed E-state index contributed by atoms with van der Waals surface area (Å²) in [5.41, 5.74) is 3.98. The van der Waals surface area contributed by atoms with E-state index in [0.717, 1.165) is 5.39 Å². The molecule has 0 atom stereocenters. The van der Waals surface area contributed by atoms with Gasteiger partial charge in [-0.25, -0.2) is 5.43 Å². The number of hydrogen-bond donors (Lipinski definition) is 2. The largest absolute Gasteiger partial charge is 0.506 e. The molecule has 0 saturated carbocycles. The molecule has 0 aliphatic carbocycles. The van der Waals surface area contributed by atoms with Crippen LogP contribution in [0.4, 0.5) is 5.69 Å². The van der Waals surface area contributed by atoms with Gasteiger partial charge in [-0.05, 0) is 17.5 Å². The lowest BCUT2D eigenvalue weighted by Gasteiger charge is -2.13. The summed E-state index contributed by atoms with van der Waals surface area (Å²) in [6.45, 7) is 4.02. The van der Waals surface area contributed by atoms with Crippen molar-refractivity contribution in [2.45, 2.75) is 0 Å². The number of hydrogen-bond acceptors (Lipinski definition) is 4. The molecule has 3 aromatic rings. The van der Waals surface area contributed by atoms with E-state index in [0.29, 0.717) is 23.2 Å². The van der Waals surface area contributed by atoms with E-state index in [1.54, 1.807) is 41.3 Å². The molecule has 6 heteroatoms. The Kier molecular flexibility index (Phi) is 4.37. The molecular weight excluding hydrogens is 354 g/mol. The molecule has 1 aliphatic rings. The molecule has 0 unspecified atom stereocenters. The zero-order valence-electron chi connectivity index (χ0n) is 14.9. The SMILES string of the molecule is C=CCN1C(=O)/C(=N\NC(=O)c2ccc3ccccc3c2O)c2ccccc21. The number of carbonyl (C=O) groups excluding carboxylic acids is 2. The second-order valence-electron chi connectivity index (χ2n) is 6.31. The van der Waals surface area contributed by atoms with Crippen LogP contribution in [0.15, 0.2) is 78.4 Å². The van der Waals surface area contributed by atoms with Gasteiger partial charge in [0.1, 0.15) is 5.75 Å². The topological polar surface area (TPSA) is 82.0 Å². The minimum atomic E-state index is -0.594. The quantitative estimate of drug-likeness (QED) is 0.546. The molecule has 0 spiro atoms. The number of para-hydroxylation sites is 1. The van der Waals surface area contributed by atoms with Crippen molar-refractivity contribution in [3.63, 3.8) is 0 Å². The number of aromatic hydroxyl groups is 1. The van der Waals surface area contributed by atoms with Crippen molar-refractivity contribution in [3.05, 3.63) is 84.4 Å². The summed E-state index contributed by atoms with van der Waals surface area (Å²) < 4.78 is 0. The number of hydrazone groups is 1. The number of benzene rings is 3.